The number of nitrogens with one attached hydrogen (secondary N) is 1. The first-order valence-electron chi connectivity index (χ1n) is 7.03. The molecular formula is C16H20N2S. The van der Waals surface area contributed by atoms with Gasteiger partial charge in [0.15, 0.2) is 0 Å². The minimum atomic E-state index is 0.360. The van der Waals surface area contributed by atoms with E-state index in [1.807, 2.05) is 11.3 Å². The van der Waals surface area contributed by atoms with Crippen molar-refractivity contribution < 1.29 is 0 Å². The lowest BCUT2D eigenvalue weighted by atomic mass is 10.1. The molecular weight excluding hydrogens is 252 g/mol. The highest BCUT2D eigenvalue weighted by atomic mass is 32.1. The molecule has 0 spiro atoms. The molecule has 3 rings (SSSR count). The lowest BCUT2D eigenvalue weighted by Gasteiger charge is -2.09. The van der Waals surface area contributed by atoms with Crippen LogP contribution in [0, 0.1) is 0 Å². The quantitative estimate of drug-likeness (QED) is 0.918. The van der Waals surface area contributed by atoms with E-state index in [4.69, 9.17) is 4.98 Å². The van der Waals surface area contributed by atoms with Gasteiger partial charge in [0.1, 0.15) is 0 Å². The largest absolute Gasteiger partial charge is 0.309 e. The summed E-state index contributed by atoms with van der Waals surface area (Å²) in [6, 6.07) is 9.15. The third kappa shape index (κ3) is 2.58. The molecule has 1 aromatic heterocycles. The molecule has 100 valence electrons. The van der Waals surface area contributed by atoms with Gasteiger partial charge in [-0.25, -0.2) is 4.98 Å². The monoisotopic (exact) mass is 272 g/mol. The number of rotatable bonds is 4. The van der Waals surface area contributed by atoms with E-state index in [9.17, 15) is 0 Å². The molecule has 1 N–H and O–H groups in total. The molecule has 19 heavy (non-hydrogen) atoms. The molecule has 1 unspecified atom stereocenters. The molecule has 1 aliphatic rings. The van der Waals surface area contributed by atoms with E-state index < -0.39 is 0 Å². The smallest absolute Gasteiger partial charge is 0.0966 e. The third-order valence-electron chi connectivity index (χ3n) is 3.89. The summed E-state index contributed by atoms with van der Waals surface area (Å²) in [5.74, 6) is 0.588. The third-order valence-corrected chi connectivity index (χ3v) is 4.92. The van der Waals surface area contributed by atoms with E-state index in [1.54, 1.807) is 0 Å². The van der Waals surface area contributed by atoms with Gasteiger partial charge in [-0.05, 0) is 37.4 Å². The Balaban J connectivity index is 1.75. The molecule has 0 radical (unpaired) electrons. The van der Waals surface area contributed by atoms with Crippen LogP contribution in [0.1, 0.15) is 47.6 Å². The van der Waals surface area contributed by atoms with E-state index in [2.05, 4.69) is 48.8 Å². The fourth-order valence-electron chi connectivity index (χ4n) is 2.83. The van der Waals surface area contributed by atoms with Gasteiger partial charge in [-0.3, -0.25) is 0 Å². The van der Waals surface area contributed by atoms with Gasteiger partial charge in [0, 0.05) is 17.3 Å². The fraction of sp³-hybridized carbons (Fsp3) is 0.438. The van der Waals surface area contributed by atoms with E-state index in [1.165, 1.54) is 21.8 Å². The first-order chi connectivity index (χ1) is 9.28. The molecule has 1 atom stereocenters. The van der Waals surface area contributed by atoms with Gasteiger partial charge in [0.05, 0.1) is 10.7 Å². The van der Waals surface area contributed by atoms with Crippen molar-refractivity contribution in [2.24, 2.45) is 0 Å². The summed E-state index contributed by atoms with van der Waals surface area (Å²) in [5, 5.41) is 6.94. The first kappa shape index (κ1) is 12.8. The summed E-state index contributed by atoms with van der Waals surface area (Å²) < 4.78 is 0. The maximum absolute atomic E-state index is 4.85. The van der Waals surface area contributed by atoms with Crippen LogP contribution < -0.4 is 5.32 Å². The molecule has 0 aliphatic heterocycles. The molecule has 1 heterocycles. The Kier molecular flexibility index (Phi) is 3.67. The van der Waals surface area contributed by atoms with Gasteiger partial charge in [-0.2, -0.15) is 0 Å². The topological polar surface area (TPSA) is 24.9 Å². The molecule has 1 aromatic carbocycles. The van der Waals surface area contributed by atoms with Crippen LogP contribution in [0.4, 0.5) is 0 Å². The van der Waals surface area contributed by atoms with Crippen LogP contribution in [0.25, 0.3) is 0 Å². The van der Waals surface area contributed by atoms with Crippen molar-refractivity contribution in [2.45, 2.75) is 38.6 Å². The molecule has 0 saturated heterocycles. The highest BCUT2D eigenvalue weighted by molar-refractivity contribution is 7.09. The second kappa shape index (κ2) is 5.43. The molecule has 0 bridgehead atoms. The number of nitrogens with zero attached hydrogens (tertiary/aromatic N) is 1. The number of fused-ring (bicyclic) bond motifs is 1. The van der Waals surface area contributed by atoms with Crippen LogP contribution in [-0.4, -0.2) is 11.5 Å². The Morgan fingerprint density at radius 3 is 2.63 bits per heavy atom. The van der Waals surface area contributed by atoms with Gasteiger partial charge in [0.2, 0.25) is 0 Å². The Hall–Kier alpha value is -1.19. The van der Waals surface area contributed by atoms with Crippen molar-refractivity contribution in [2.75, 3.05) is 6.54 Å². The van der Waals surface area contributed by atoms with E-state index in [0.29, 0.717) is 12.0 Å². The predicted molar refractivity (Wildman–Crippen MR) is 80.8 cm³/mol. The number of hydrogen-bond donors (Lipinski definition) is 1. The van der Waals surface area contributed by atoms with Crippen molar-refractivity contribution in [1.82, 2.24) is 10.3 Å². The van der Waals surface area contributed by atoms with Gasteiger partial charge < -0.3 is 5.32 Å². The Labute approximate surface area is 118 Å². The summed E-state index contributed by atoms with van der Waals surface area (Å²) in [7, 11) is 0. The maximum atomic E-state index is 4.85. The SMILES string of the molecule is CCNC(C)c1csc(C2Cc3ccccc3C2)n1. The fourth-order valence-corrected chi connectivity index (χ4v) is 3.85. The zero-order valence-corrected chi connectivity index (χ0v) is 12.3. The predicted octanol–water partition coefficient (Wildman–Crippen LogP) is 3.70. The van der Waals surface area contributed by atoms with E-state index >= 15 is 0 Å². The van der Waals surface area contributed by atoms with Crippen molar-refractivity contribution in [1.29, 1.82) is 0 Å². The van der Waals surface area contributed by atoms with Gasteiger partial charge >= 0.3 is 0 Å². The van der Waals surface area contributed by atoms with Crippen molar-refractivity contribution in [3.63, 3.8) is 0 Å². The molecule has 3 heteroatoms. The molecule has 1 aliphatic carbocycles. The molecule has 0 saturated carbocycles. The highest BCUT2D eigenvalue weighted by Gasteiger charge is 2.25. The van der Waals surface area contributed by atoms with Gasteiger partial charge in [-0.1, -0.05) is 31.2 Å². The van der Waals surface area contributed by atoms with Crippen LogP contribution in [-0.2, 0) is 12.8 Å². The average Bonchev–Trinajstić information content (AvgIpc) is 3.05. The Bertz CT molecular complexity index is 536. The molecule has 0 fully saturated rings. The van der Waals surface area contributed by atoms with Crippen molar-refractivity contribution >= 4 is 11.3 Å². The number of aromatic nitrogens is 1. The minimum absolute atomic E-state index is 0.360. The van der Waals surface area contributed by atoms with E-state index in [0.717, 1.165) is 19.4 Å². The van der Waals surface area contributed by atoms with E-state index in [-0.39, 0.29) is 0 Å². The molecule has 0 amide bonds. The number of benzene rings is 1. The van der Waals surface area contributed by atoms with Crippen LogP contribution in [0.5, 0.6) is 0 Å². The normalized spacial score (nSPS) is 16.5. The van der Waals surface area contributed by atoms with Crippen LogP contribution >= 0.6 is 11.3 Å². The Morgan fingerprint density at radius 1 is 1.32 bits per heavy atom. The zero-order chi connectivity index (χ0) is 13.2. The second-order valence-corrected chi connectivity index (χ2v) is 6.15. The minimum Gasteiger partial charge on any atom is -0.309 e. The summed E-state index contributed by atoms with van der Waals surface area (Å²) in [6.45, 7) is 5.31. The maximum Gasteiger partial charge on any atom is 0.0966 e. The van der Waals surface area contributed by atoms with Gasteiger partial charge in [0.25, 0.3) is 0 Å². The molecule has 2 nitrogen and oxygen atoms in total. The average molecular weight is 272 g/mol. The van der Waals surface area contributed by atoms with Crippen molar-refractivity contribution in [3.8, 4) is 0 Å². The van der Waals surface area contributed by atoms with Gasteiger partial charge in [-0.15, -0.1) is 11.3 Å². The standard InChI is InChI=1S/C16H20N2S/c1-3-17-11(2)15-10-19-16(18-15)14-8-12-6-4-5-7-13(12)9-14/h4-7,10-11,14,17H,3,8-9H2,1-2H3. The van der Waals surface area contributed by atoms with Crippen LogP contribution in [0.2, 0.25) is 0 Å². The Morgan fingerprint density at radius 2 is 2.00 bits per heavy atom. The highest BCUT2D eigenvalue weighted by Crippen LogP contribution is 2.35. The number of hydrogen-bond acceptors (Lipinski definition) is 3. The van der Waals surface area contributed by atoms with Crippen molar-refractivity contribution in [3.05, 3.63) is 51.5 Å². The van der Waals surface area contributed by atoms with Crippen LogP contribution in [0.3, 0.4) is 0 Å². The summed E-state index contributed by atoms with van der Waals surface area (Å²) in [6.07, 6.45) is 2.30. The summed E-state index contributed by atoms with van der Waals surface area (Å²) >= 11 is 1.82. The van der Waals surface area contributed by atoms with Crippen LogP contribution in [0.15, 0.2) is 29.6 Å². The molecule has 2 aromatic rings. The summed E-state index contributed by atoms with van der Waals surface area (Å²) in [5.41, 5.74) is 4.20. The number of thiazole rings is 1. The zero-order valence-electron chi connectivity index (χ0n) is 11.5. The lowest BCUT2D eigenvalue weighted by molar-refractivity contribution is 0.582. The lowest BCUT2D eigenvalue weighted by Crippen LogP contribution is -2.18. The first-order valence-corrected chi connectivity index (χ1v) is 7.91. The summed E-state index contributed by atoms with van der Waals surface area (Å²) in [4.78, 5) is 4.85. The second-order valence-electron chi connectivity index (χ2n) is 5.26.